The van der Waals surface area contributed by atoms with Gasteiger partial charge in [0.15, 0.2) is 0 Å². The molecule has 1 aliphatic rings. The molecule has 0 unspecified atom stereocenters. The summed E-state index contributed by atoms with van der Waals surface area (Å²) in [5.41, 5.74) is 6.07. The maximum atomic E-state index is 12.1. The van der Waals surface area contributed by atoms with Gasteiger partial charge in [-0.2, -0.15) is 0 Å². The van der Waals surface area contributed by atoms with Crippen LogP contribution in [0.25, 0.3) is 0 Å². The molecule has 0 aliphatic carbocycles. The topological polar surface area (TPSA) is 84.5 Å². The maximum absolute atomic E-state index is 12.1. The number of sulfonamides is 1. The second-order valence-corrected chi connectivity index (χ2v) is 8.18. The van der Waals surface area contributed by atoms with Crippen LogP contribution >= 0.6 is 11.8 Å². The molecule has 0 atom stereocenters. The van der Waals surface area contributed by atoms with Crippen molar-refractivity contribution in [2.75, 3.05) is 5.73 Å². The van der Waals surface area contributed by atoms with Gasteiger partial charge in [0.1, 0.15) is 0 Å². The third-order valence-corrected chi connectivity index (χ3v) is 7.40. The van der Waals surface area contributed by atoms with Crippen LogP contribution in [0.3, 0.4) is 0 Å². The Bertz CT molecular complexity index is 624. The average molecular weight is 410 g/mol. The fraction of sp³-hybridized carbons (Fsp3) is 0.182. The molecule has 1 heterocycles. The van der Waals surface area contributed by atoms with Gasteiger partial charge >= 0.3 is 128 Å². The first-order valence-electron chi connectivity index (χ1n) is 5.47. The van der Waals surface area contributed by atoms with Crippen molar-refractivity contribution in [1.82, 2.24) is 3.53 Å². The van der Waals surface area contributed by atoms with Gasteiger partial charge in [0.25, 0.3) is 0 Å². The molecule has 1 aliphatic heterocycles. The number of anilines is 1. The molecule has 0 spiro atoms. The number of thioether (sulfide) groups is 1. The SMILES string of the molecule is CCC1=C[I-]N/C(=N\S(=O)(=O)c2ccc(N)cc2)S1. The van der Waals surface area contributed by atoms with Gasteiger partial charge < -0.3 is 0 Å². The van der Waals surface area contributed by atoms with Crippen LogP contribution in [0, 0.1) is 0 Å². The van der Waals surface area contributed by atoms with Gasteiger partial charge in [0, 0.05) is 0 Å². The molecule has 0 saturated heterocycles. The summed E-state index contributed by atoms with van der Waals surface area (Å²) in [7, 11) is -3.67. The summed E-state index contributed by atoms with van der Waals surface area (Å²) >= 11 is 1.03. The number of nitrogens with two attached hydrogens (primary N) is 1. The van der Waals surface area contributed by atoms with Gasteiger partial charge in [0.05, 0.1) is 0 Å². The van der Waals surface area contributed by atoms with Gasteiger partial charge in [-0.1, -0.05) is 0 Å². The number of nitrogens with one attached hydrogen (secondary N) is 1. The average Bonchev–Trinajstić information content (AvgIpc) is 2.39. The molecule has 0 amide bonds. The van der Waals surface area contributed by atoms with Crippen molar-refractivity contribution in [2.45, 2.75) is 18.2 Å². The first-order valence-corrected chi connectivity index (χ1v) is 10.0. The van der Waals surface area contributed by atoms with Crippen LogP contribution in [0.2, 0.25) is 0 Å². The van der Waals surface area contributed by atoms with E-state index >= 15 is 0 Å². The summed E-state index contributed by atoms with van der Waals surface area (Å²) in [4.78, 5) is 1.32. The molecule has 0 bridgehead atoms. The van der Waals surface area contributed by atoms with E-state index in [0.717, 1.165) is 11.3 Å². The number of hydrogen-bond donors (Lipinski definition) is 2. The third-order valence-electron chi connectivity index (χ3n) is 2.27. The van der Waals surface area contributed by atoms with E-state index in [1.54, 1.807) is 12.1 Å². The van der Waals surface area contributed by atoms with Gasteiger partial charge in [-0.15, -0.1) is 0 Å². The van der Waals surface area contributed by atoms with Gasteiger partial charge in [0.2, 0.25) is 0 Å². The van der Waals surface area contributed by atoms with Crippen molar-refractivity contribution in [3.05, 3.63) is 33.3 Å². The van der Waals surface area contributed by atoms with Gasteiger partial charge in [-0.25, -0.2) is 0 Å². The summed E-state index contributed by atoms with van der Waals surface area (Å²) in [6.45, 7) is 2.04. The summed E-state index contributed by atoms with van der Waals surface area (Å²) in [5, 5.41) is 0.462. The Balaban J connectivity index is 2.26. The van der Waals surface area contributed by atoms with E-state index in [-0.39, 0.29) is 26.4 Å². The Kier molecular flexibility index (Phi) is 4.74. The van der Waals surface area contributed by atoms with Crippen molar-refractivity contribution in [1.29, 1.82) is 0 Å². The molecule has 1 aromatic carbocycles. The van der Waals surface area contributed by atoms with E-state index in [1.165, 1.54) is 23.9 Å². The van der Waals surface area contributed by atoms with E-state index in [2.05, 4.69) is 12.0 Å². The fourth-order valence-corrected chi connectivity index (χ4v) is 5.86. The van der Waals surface area contributed by atoms with Gasteiger partial charge in [-0.3, -0.25) is 0 Å². The van der Waals surface area contributed by atoms with Crippen molar-refractivity contribution in [3.8, 4) is 0 Å². The minimum absolute atomic E-state index is 0.155. The van der Waals surface area contributed by atoms with Crippen LogP contribution in [0.15, 0.2) is 42.5 Å². The Morgan fingerprint density at radius 2 is 2.05 bits per heavy atom. The van der Waals surface area contributed by atoms with Crippen molar-refractivity contribution in [3.63, 3.8) is 0 Å². The standard InChI is InChI=1S/C11H13IN3O2S2/c1-2-9-7-12-14-11(18-9)15-19(16,17)10-5-3-8(13)4-6-10/h3-7H,2,13H2,1H3,(H,14,15)/q-1. The number of benzene rings is 1. The Hall–Kier alpha value is -0.740. The summed E-state index contributed by atoms with van der Waals surface area (Å²) in [5.74, 6) is 0. The predicted molar refractivity (Wildman–Crippen MR) is 74.6 cm³/mol. The molecule has 104 valence electrons. The van der Waals surface area contributed by atoms with E-state index in [1.807, 2.05) is 6.92 Å². The van der Waals surface area contributed by atoms with Crippen molar-refractivity contribution >= 4 is 32.6 Å². The van der Waals surface area contributed by atoms with Crippen LogP contribution < -0.4 is 30.7 Å². The number of halogens is 1. The van der Waals surface area contributed by atoms with Crippen LogP contribution in [-0.4, -0.2) is 13.6 Å². The quantitative estimate of drug-likeness (QED) is 0.376. The van der Waals surface area contributed by atoms with E-state index < -0.39 is 10.0 Å². The summed E-state index contributed by atoms with van der Waals surface area (Å²) in [6, 6.07) is 6.04. The molecule has 2 rings (SSSR count). The third kappa shape index (κ3) is 3.86. The Morgan fingerprint density at radius 3 is 2.68 bits per heavy atom. The molecule has 8 heteroatoms. The van der Waals surface area contributed by atoms with Crippen LogP contribution in [0.4, 0.5) is 5.69 Å². The minimum atomic E-state index is -3.67. The zero-order valence-electron chi connectivity index (χ0n) is 10.1. The number of hydrogen-bond acceptors (Lipinski definition) is 4. The van der Waals surface area contributed by atoms with Gasteiger partial charge in [-0.05, 0) is 0 Å². The zero-order valence-corrected chi connectivity index (χ0v) is 13.9. The molecule has 19 heavy (non-hydrogen) atoms. The zero-order chi connectivity index (χ0) is 13.9. The second kappa shape index (κ2) is 6.14. The number of amidine groups is 1. The molecule has 0 radical (unpaired) electrons. The molecule has 1 aromatic rings. The number of nitrogens with zero attached hydrogens (tertiary/aromatic N) is 1. The van der Waals surface area contributed by atoms with Crippen molar-refractivity contribution in [2.24, 2.45) is 4.40 Å². The molecular weight excluding hydrogens is 397 g/mol. The number of allylic oxidation sites excluding steroid dienone is 1. The first kappa shape index (κ1) is 14.7. The molecule has 5 nitrogen and oxygen atoms in total. The first-order chi connectivity index (χ1) is 9.01. The Morgan fingerprint density at radius 1 is 1.37 bits per heavy atom. The summed E-state index contributed by atoms with van der Waals surface area (Å²) < 4.78 is 33.3. The van der Waals surface area contributed by atoms with Crippen molar-refractivity contribution < 1.29 is 29.9 Å². The number of rotatable bonds is 3. The van der Waals surface area contributed by atoms with Crippen LogP contribution in [0.1, 0.15) is 13.3 Å². The Labute approximate surface area is 127 Å². The summed E-state index contributed by atoms with van der Waals surface area (Å²) in [6.07, 6.45) is 0.896. The molecule has 0 saturated carbocycles. The molecular formula is C11H13IN3O2S2-. The predicted octanol–water partition coefficient (Wildman–Crippen LogP) is -1.09. The fourth-order valence-electron chi connectivity index (χ4n) is 1.29. The van der Waals surface area contributed by atoms with Crippen LogP contribution in [-0.2, 0) is 10.0 Å². The molecule has 0 fully saturated rings. The molecule has 0 aromatic heterocycles. The van der Waals surface area contributed by atoms with E-state index in [9.17, 15) is 8.42 Å². The van der Waals surface area contributed by atoms with E-state index in [0.29, 0.717) is 10.9 Å². The second-order valence-electron chi connectivity index (χ2n) is 3.68. The monoisotopic (exact) mass is 410 g/mol. The van der Waals surface area contributed by atoms with E-state index in [4.69, 9.17) is 5.73 Å². The van der Waals surface area contributed by atoms with Crippen LogP contribution in [0.5, 0.6) is 0 Å². The normalized spacial score (nSPS) is 18.4. The number of nitrogen functional groups attached to an aromatic ring is 1. The molecule has 3 N–H and O–H groups in total.